The van der Waals surface area contributed by atoms with Crippen molar-refractivity contribution in [3.63, 3.8) is 0 Å². The lowest BCUT2D eigenvalue weighted by atomic mass is 9.86. The summed E-state index contributed by atoms with van der Waals surface area (Å²) in [5.41, 5.74) is 0.469. The summed E-state index contributed by atoms with van der Waals surface area (Å²) in [6.07, 6.45) is 9.69. The average molecular weight is 280 g/mol. The summed E-state index contributed by atoms with van der Waals surface area (Å²) in [6.45, 7) is 13.4. The molecule has 118 valence electrons. The monoisotopic (exact) mass is 280 g/mol. The molecule has 1 aliphatic heterocycles. The fraction of sp³-hybridized carbons (Fsp3) is 1.00. The van der Waals surface area contributed by atoms with Crippen LogP contribution in [0.15, 0.2) is 0 Å². The highest BCUT2D eigenvalue weighted by Crippen LogP contribution is 2.40. The average Bonchev–Trinajstić information content (AvgIpc) is 2.62. The van der Waals surface area contributed by atoms with E-state index in [1.807, 2.05) is 0 Å². The third kappa shape index (κ3) is 3.76. The van der Waals surface area contributed by atoms with Gasteiger partial charge in [-0.25, -0.2) is 0 Å². The second kappa shape index (κ2) is 7.26. The predicted octanol–water partition coefficient (Wildman–Crippen LogP) is 4.06. The molecular formula is C18H36N2. The quantitative estimate of drug-likeness (QED) is 0.817. The molecule has 2 rings (SSSR count). The first-order valence-corrected chi connectivity index (χ1v) is 9.06. The van der Waals surface area contributed by atoms with Crippen LogP contribution in [0.1, 0.15) is 72.6 Å². The van der Waals surface area contributed by atoms with Crippen molar-refractivity contribution in [2.75, 3.05) is 19.6 Å². The van der Waals surface area contributed by atoms with Gasteiger partial charge in [-0.2, -0.15) is 0 Å². The molecule has 0 bridgehead atoms. The Kier molecular flexibility index (Phi) is 5.92. The molecule has 1 N–H and O–H groups in total. The Morgan fingerprint density at radius 2 is 1.90 bits per heavy atom. The van der Waals surface area contributed by atoms with E-state index in [4.69, 9.17) is 0 Å². The molecule has 1 saturated carbocycles. The van der Waals surface area contributed by atoms with E-state index in [-0.39, 0.29) is 0 Å². The Balaban J connectivity index is 1.98. The van der Waals surface area contributed by atoms with Crippen molar-refractivity contribution in [2.45, 2.75) is 84.7 Å². The van der Waals surface area contributed by atoms with Crippen molar-refractivity contribution >= 4 is 0 Å². The summed E-state index contributed by atoms with van der Waals surface area (Å²) in [7, 11) is 0. The predicted molar refractivity (Wildman–Crippen MR) is 88.1 cm³/mol. The molecule has 1 saturated heterocycles. The number of nitrogens with one attached hydrogen (secondary N) is 1. The zero-order valence-corrected chi connectivity index (χ0v) is 14.3. The summed E-state index contributed by atoms with van der Waals surface area (Å²) in [5, 5.41) is 3.87. The van der Waals surface area contributed by atoms with Gasteiger partial charge in [0.2, 0.25) is 0 Å². The van der Waals surface area contributed by atoms with Gasteiger partial charge in [-0.3, -0.25) is 4.90 Å². The second-order valence-corrected chi connectivity index (χ2v) is 7.77. The van der Waals surface area contributed by atoms with Gasteiger partial charge in [0.1, 0.15) is 0 Å². The molecule has 0 aromatic carbocycles. The van der Waals surface area contributed by atoms with Gasteiger partial charge in [-0.1, -0.05) is 34.1 Å². The summed E-state index contributed by atoms with van der Waals surface area (Å²) in [4.78, 5) is 2.83. The van der Waals surface area contributed by atoms with Crippen LogP contribution in [0.5, 0.6) is 0 Å². The minimum Gasteiger partial charge on any atom is -0.312 e. The van der Waals surface area contributed by atoms with Crippen LogP contribution in [0, 0.1) is 11.3 Å². The van der Waals surface area contributed by atoms with E-state index in [2.05, 4.69) is 37.9 Å². The molecule has 1 aliphatic carbocycles. The lowest BCUT2D eigenvalue weighted by Crippen LogP contribution is -2.52. The molecule has 1 heterocycles. The Labute approximate surface area is 126 Å². The van der Waals surface area contributed by atoms with Crippen molar-refractivity contribution in [2.24, 2.45) is 11.3 Å². The van der Waals surface area contributed by atoms with Crippen LogP contribution in [-0.4, -0.2) is 36.6 Å². The van der Waals surface area contributed by atoms with Gasteiger partial charge in [0, 0.05) is 12.1 Å². The smallest absolute Gasteiger partial charge is 0.0274 e. The van der Waals surface area contributed by atoms with Crippen molar-refractivity contribution in [1.29, 1.82) is 0 Å². The maximum atomic E-state index is 3.87. The molecule has 2 fully saturated rings. The second-order valence-electron chi connectivity index (χ2n) is 7.77. The molecule has 3 unspecified atom stereocenters. The molecule has 0 radical (unpaired) electrons. The van der Waals surface area contributed by atoms with Crippen molar-refractivity contribution in [3.05, 3.63) is 0 Å². The van der Waals surface area contributed by atoms with Crippen molar-refractivity contribution in [1.82, 2.24) is 10.2 Å². The van der Waals surface area contributed by atoms with E-state index < -0.39 is 0 Å². The first-order valence-electron chi connectivity index (χ1n) is 9.06. The minimum absolute atomic E-state index is 0.469. The largest absolute Gasteiger partial charge is 0.312 e. The standard InChI is InChI=1S/C18H36N2/c1-5-12-19-17-16(9-11-18(17,3)4)20-13-7-8-15(6-2)10-14-20/h15-17,19H,5-14H2,1-4H3. The Bertz CT molecular complexity index is 287. The highest BCUT2D eigenvalue weighted by atomic mass is 15.2. The lowest BCUT2D eigenvalue weighted by Gasteiger charge is -2.37. The van der Waals surface area contributed by atoms with Crippen LogP contribution >= 0.6 is 0 Å². The number of hydrogen-bond donors (Lipinski definition) is 1. The molecule has 0 aromatic rings. The summed E-state index contributed by atoms with van der Waals surface area (Å²) < 4.78 is 0. The van der Waals surface area contributed by atoms with Gasteiger partial charge < -0.3 is 5.32 Å². The minimum atomic E-state index is 0.469. The Morgan fingerprint density at radius 3 is 2.60 bits per heavy atom. The van der Waals surface area contributed by atoms with Gasteiger partial charge in [-0.15, -0.1) is 0 Å². The van der Waals surface area contributed by atoms with Gasteiger partial charge in [0.15, 0.2) is 0 Å². The Hall–Kier alpha value is -0.0800. The topological polar surface area (TPSA) is 15.3 Å². The molecule has 20 heavy (non-hydrogen) atoms. The first-order chi connectivity index (χ1) is 9.58. The van der Waals surface area contributed by atoms with Crippen LogP contribution < -0.4 is 5.32 Å². The molecule has 2 aliphatic rings. The van der Waals surface area contributed by atoms with E-state index in [1.54, 1.807) is 0 Å². The number of likely N-dealkylation sites (tertiary alicyclic amines) is 1. The summed E-state index contributed by atoms with van der Waals surface area (Å²) in [5.74, 6) is 0.983. The normalized spacial score (nSPS) is 35.1. The number of rotatable bonds is 5. The fourth-order valence-corrected chi connectivity index (χ4v) is 4.40. The first kappa shape index (κ1) is 16.3. The maximum Gasteiger partial charge on any atom is 0.0274 e. The van der Waals surface area contributed by atoms with E-state index >= 15 is 0 Å². The zero-order valence-electron chi connectivity index (χ0n) is 14.3. The lowest BCUT2D eigenvalue weighted by molar-refractivity contribution is 0.146. The molecule has 2 nitrogen and oxygen atoms in total. The van der Waals surface area contributed by atoms with Crippen LogP contribution in [0.3, 0.4) is 0 Å². The molecule has 2 heteroatoms. The van der Waals surface area contributed by atoms with E-state index in [9.17, 15) is 0 Å². The molecule has 0 aromatic heterocycles. The maximum absolute atomic E-state index is 3.87. The summed E-state index contributed by atoms with van der Waals surface area (Å²) in [6, 6.07) is 1.48. The molecule has 0 amide bonds. The summed E-state index contributed by atoms with van der Waals surface area (Å²) >= 11 is 0. The highest BCUT2D eigenvalue weighted by Gasteiger charge is 2.44. The van der Waals surface area contributed by atoms with E-state index in [0.29, 0.717) is 11.5 Å². The molecule has 0 spiro atoms. The zero-order chi connectivity index (χ0) is 14.6. The Morgan fingerprint density at radius 1 is 1.10 bits per heavy atom. The van der Waals surface area contributed by atoms with Crippen LogP contribution in [0.2, 0.25) is 0 Å². The molecular weight excluding hydrogens is 244 g/mol. The van der Waals surface area contributed by atoms with Crippen LogP contribution in [-0.2, 0) is 0 Å². The van der Waals surface area contributed by atoms with Gasteiger partial charge in [0.05, 0.1) is 0 Å². The third-order valence-electron chi connectivity index (χ3n) is 5.85. The molecule has 3 atom stereocenters. The van der Waals surface area contributed by atoms with Gasteiger partial charge in [0.25, 0.3) is 0 Å². The number of hydrogen-bond acceptors (Lipinski definition) is 2. The fourth-order valence-electron chi connectivity index (χ4n) is 4.40. The van der Waals surface area contributed by atoms with Gasteiger partial charge in [-0.05, 0) is 69.5 Å². The number of nitrogens with zero attached hydrogens (tertiary/aromatic N) is 1. The third-order valence-corrected chi connectivity index (χ3v) is 5.85. The van der Waals surface area contributed by atoms with Crippen LogP contribution in [0.25, 0.3) is 0 Å². The van der Waals surface area contributed by atoms with Crippen molar-refractivity contribution < 1.29 is 0 Å². The van der Waals surface area contributed by atoms with E-state index in [1.165, 1.54) is 64.6 Å². The van der Waals surface area contributed by atoms with E-state index in [0.717, 1.165) is 12.0 Å². The highest BCUT2D eigenvalue weighted by molar-refractivity contribution is 5.01. The van der Waals surface area contributed by atoms with Crippen molar-refractivity contribution in [3.8, 4) is 0 Å². The SMILES string of the molecule is CCCNC1C(N2CCCC(CC)CC2)CCC1(C)C. The van der Waals surface area contributed by atoms with Crippen LogP contribution in [0.4, 0.5) is 0 Å². The van der Waals surface area contributed by atoms with Gasteiger partial charge >= 0.3 is 0 Å².